The van der Waals surface area contributed by atoms with Crippen molar-refractivity contribution < 1.29 is 19.1 Å². The number of carbonyl (C=O) groups is 2. The van der Waals surface area contributed by atoms with Crippen molar-refractivity contribution in [2.24, 2.45) is 0 Å². The van der Waals surface area contributed by atoms with Crippen molar-refractivity contribution in [1.29, 1.82) is 0 Å². The number of nitrogens with two attached hydrogens (primary N) is 1. The third kappa shape index (κ3) is 6.45. The van der Waals surface area contributed by atoms with Crippen molar-refractivity contribution in [2.45, 2.75) is 32.8 Å². The molecule has 5 nitrogen and oxygen atoms in total. The highest BCUT2D eigenvalue weighted by Crippen LogP contribution is 2.08. The van der Waals surface area contributed by atoms with E-state index < -0.39 is 11.9 Å². The number of anilines is 1. The molecule has 0 bridgehead atoms. The number of aryl methyl sites for hydroxylation is 1. The smallest absolute Gasteiger partial charge is 0.344 e. The second-order valence-electron chi connectivity index (χ2n) is 4.44. The van der Waals surface area contributed by atoms with E-state index in [4.69, 9.17) is 15.2 Å². The molecule has 0 heterocycles. The molecule has 5 heteroatoms. The molecule has 0 fully saturated rings. The van der Waals surface area contributed by atoms with Gasteiger partial charge >= 0.3 is 11.9 Å². The fourth-order valence-electron chi connectivity index (χ4n) is 1.44. The summed E-state index contributed by atoms with van der Waals surface area (Å²) in [5.41, 5.74) is 7.24. The number of nitrogen functional groups attached to an aromatic ring is 1. The quantitative estimate of drug-likeness (QED) is 0.625. The van der Waals surface area contributed by atoms with Gasteiger partial charge in [0.2, 0.25) is 0 Å². The van der Waals surface area contributed by atoms with E-state index in [9.17, 15) is 9.59 Å². The lowest BCUT2D eigenvalue weighted by molar-refractivity contribution is -0.161. The Bertz CT molecular complexity index is 426. The molecule has 19 heavy (non-hydrogen) atoms. The maximum Gasteiger partial charge on any atom is 0.344 e. The zero-order valence-corrected chi connectivity index (χ0v) is 11.2. The fraction of sp³-hybridized carbons (Fsp3) is 0.429. The van der Waals surface area contributed by atoms with Crippen LogP contribution in [0.5, 0.6) is 0 Å². The number of benzene rings is 1. The van der Waals surface area contributed by atoms with E-state index in [0.717, 1.165) is 5.56 Å². The number of rotatable bonds is 6. The van der Waals surface area contributed by atoms with Crippen LogP contribution in [-0.2, 0) is 25.5 Å². The summed E-state index contributed by atoms with van der Waals surface area (Å²) in [6.45, 7) is 3.14. The second-order valence-corrected chi connectivity index (χ2v) is 4.44. The van der Waals surface area contributed by atoms with E-state index >= 15 is 0 Å². The Morgan fingerprint density at radius 3 is 2.37 bits per heavy atom. The van der Waals surface area contributed by atoms with Crippen molar-refractivity contribution in [3.05, 3.63) is 29.8 Å². The molecule has 0 amide bonds. The lowest BCUT2D eigenvalue weighted by Crippen LogP contribution is -2.19. The Hall–Kier alpha value is -2.04. The highest BCUT2D eigenvalue weighted by molar-refractivity contribution is 5.76. The topological polar surface area (TPSA) is 78.6 Å². The summed E-state index contributed by atoms with van der Waals surface area (Å²) in [7, 11) is 0. The zero-order chi connectivity index (χ0) is 14.3. The van der Waals surface area contributed by atoms with Crippen LogP contribution in [0.3, 0.4) is 0 Å². The standard InChI is InChI=1S/C14H19NO4/c1-10(2)19-14(17)9-18-13(16)8-5-11-3-6-12(15)7-4-11/h3-4,6-7,10H,5,8-9,15H2,1-2H3. The van der Waals surface area contributed by atoms with Gasteiger partial charge in [0.05, 0.1) is 6.10 Å². The molecule has 0 atom stereocenters. The minimum Gasteiger partial charge on any atom is -0.460 e. The first-order valence-corrected chi connectivity index (χ1v) is 6.17. The summed E-state index contributed by atoms with van der Waals surface area (Å²) >= 11 is 0. The van der Waals surface area contributed by atoms with Gasteiger partial charge in [-0.15, -0.1) is 0 Å². The number of carbonyl (C=O) groups excluding carboxylic acids is 2. The molecular weight excluding hydrogens is 246 g/mol. The normalized spacial score (nSPS) is 10.3. The van der Waals surface area contributed by atoms with Gasteiger partial charge in [0.15, 0.2) is 6.61 Å². The van der Waals surface area contributed by atoms with Crippen molar-refractivity contribution >= 4 is 17.6 Å². The van der Waals surface area contributed by atoms with Crippen LogP contribution in [0.15, 0.2) is 24.3 Å². The van der Waals surface area contributed by atoms with E-state index in [2.05, 4.69) is 0 Å². The van der Waals surface area contributed by atoms with Crippen molar-refractivity contribution in [3.63, 3.8) is 0 Å². The van der Waals surface area contributed by atoms with Crippen molar-refractivity contribution in [2.75, 3.05) is 12.3 Å². The first kappa shape index (κ1) is 15.0. The average Bonchev–Trinajstić information content (AvgIpc) is 2.35. The Morgan fingerprint density at radius 2 is 1.79 bits per heavy atom. The van der Waals surface area contributed by atoms with Gasteiger partial charge in [0.1, 0.15) is 0 Å². The molecule has 1 aromatic carbocycles. The molecule has 2 N–H and O–H groups in total. The van der Waals surface area contributed by atoms with Crippen LogP contribution < -0.4 is 5.73 Å². The van der Waals surface area contributed by atoms with Crippen LogP contribution in [0.1, 0.15) is 25.8 Å². The molecule has 104 valence electrons. The average molecular weight is 265 g/mol. The van der Waals surface area contributed by atoms with Crippen LogP contribution in [0.2, 0.25) is 0 Å². The molecule has 0 saturated carbocycles. The third-order valence-corrected chi connectivity index (χ3v) is 2.32. The number of ether oxygens (including phenoxy) is 2. The minimum atomic E-state index is -0.532. The maximum absolute atomic E-state index is 11.4. The van der Waals surface area contributed by atoms with E-state index in [-0.39, 0.29) is 19.1 Å². The molecule has 1 aromatic rings. The van der Waals surface area contributed by atoms with Gasteiger partial charge in [-0.1, -0.05) is 12.1 Å². The van der Waals surface area contributed by atoms with Gasteiger partial charge < -0.3 is 15.2 Å². The van der Waals surface area contributed by atoms with Gasteiger partial charge in [-0.25, -0.2) is 4.79 Å². The second kappa shape index (κ2) is 7.41. The maximum atomic E-state index is 11.4. The highest BCUT2D eigenvalue weighted by Gasteiger charge is 2.10. The van der Waals surface area contributed by atoms with E-state index in [0.29, 0.717) is 12.1 Å². The Morgan fingerprint density at radius 1 is 1.16 bits per heavy atom. The van der Waals surface area contributed by atoms with Gasteiger partial charge in [0.25, 0.3) is 0 Å². The van der Waals surface area contributed by atoms with Crippen LogP contribution in [-0.4, -0.2) is 24.6 Å². The van der Waals surface area contributed by atoms with Gasteiger partial charge in [-0.3, -0.25) is 4.79 Å². The SMILES string of the molecule is CC(C)OC(=O)COC(=O)CCc1ccc(N)cc1. The van der Waals surface area contributed by atoms with Crippen LogP contribution in [0.4, 0.5) is 5.69 Å². The molecule has 0 aliphatic heterocycles. The Labute approximate surface area is 112 Å². The molecule has 0 unspecified atom stereocenters. The van der Waals surface area contributed by atoms with Crippen molar-refractivity contribution in [1.82, 2.24) is 0 Å². The summed E-state index contributed by atoms with van der Waals surface area (Å²) in [4.78, 5) is 22.6. The molecule has 0 spiro atoms. The van der Waals surface area contributed by atoms with Gasteiger partial charge in [-0.05, 0) is 38.0 Å². The molecule has 0 radical (unpaired) electrons. The third-order valence-electron chi connectivity index (χ3n) is 2.32. The summed E-state index contributed by atoms with van der Waals surface area (Å²) in [6.07, 6.45) is 0.568. The molecule has 1 rings (SSSR count). The summed E-state index contributed by atoms with van der Waals surface area (Å²) in [6, 6.07) is 7.27. The molecular formula is C14H19NO4. The lowest BCUT2D eigenvalue weighted by Gasteiger charge is -2.08. The summed E-state index contributed by atoms with van der Waals surface area (Å²) < 4.78 is 9.66. The number of hydrogen-bond donors (Lipinski definition) is 1. The highest BCUT2D eigenvalue weighted by atomic mass is 16.6. The van der Waals surface area contributed by atoms with Crippen molar-refractivity contribution in [3.8, 4) is 0 Å². The Balaban J connectivity index is 2.24. The lowest BCUT2D eigenvalue weighted by atomic mass is 10.1. The van der Waals surface area contributed by atoms with Crippen LogP contribution in [0.25, 0.3) is 0 Å². The van der Waals surface area contributed by atoms with Gasteiger partial charge in [-0.2, -0.15) is 0 Å². The van der Waals surface area contributed by atoms with E-state index in [1.165, 1.54) is 0 Å². The number of hydrogen-bond acceptors (Lipinski definition) is 5. The fourth-order valence-corrected chi connectivity index (χ4v) is 1.44. The summed E-state index contributed by atoms with van der Waals surface area (Å²) in [5, 5.41) is 0. The minimum absolute atomic E-state index is 0.207. The predicted molar refractivity (Wildman–Crippen MR) is 71.4 cm³/mol. The monoisotopic (exact) mass is 265 g/mol. The Kier molecular flexibility index (Phi) is 5.85. The molecule has 0 aliphatic rings. The number of esters is 2. The largest absolute Gasteiger partial charge is 0.460 e. The van der Waals surface area contributed by atoms with Crippen LogP contribution >= 0.6 is 0 Å². The molecule has 0 aliphatic carbocycles. The predicted octanol–water partition coefficient (Wildman–Crippen LogP) is 1.70. The summed E-state index contributed by atoms with van der Waals surface area (Å²) in [5.74, 6) is -0.951. The first-order valence-electron chi connectivity index (χ1n) is 6.17. The van der Waals surface area contributed by atoms with Gasteiger partial charge in [0, 0.05) is 12.1 Å². The first-order chi connectivity index (χ1) is 8.97. The zero-order valence-electron chi connectivity index (χ0n) is 11.2. The van der Waals surface area contributed by atoms with E-state index in [1.807, 2.05) is 12.1 Å². The van der Waals surface area contributed by atoms with Crippen LogP contribution in [0, 0.1) is 0 Å². The molecule has 0 aromatic heterocycles. The van der Waals surface area contributed by atoms with E-state index in [1.54, 1.807) is 26.0 Å². The molecule has 0 saturated heterocycles.